The summed E-state index contributed by atoms with van der Waals surface area (Å²) >= 11 is 3.36. The lowest BCUT2D eigenvalue weighted by Gasteiger charge is -2.09. The molecule has 0 unspecified atom stereocenters. The number of aromatic nitrogens is 2. The van der Waals surface area contributed by atoms with E-state index in [2.05, 4.69) is 20.9 Å². The zero-order valence-corrected chi connectivity index (χ0v) is 11.6. The van der Waals surface area contributed by atoms with Gasteiger partial charge in [0.1, 0.15) is 5.75 Å². The van der Waals surface area contributed by atoms with Crippen molar-refractivity contribution < 1.29 is 4.74 Å². The maximum absolute atomic E-state index is 12.2. The van der Waals surface area contributed by atoms with Crippen LogP contribution in [-0.2, 0) is 0 Å². The minimum atomic E-state index is -0.209. The standard InChI is InChI=1S/C13H12BrN3O2/c14-10-4-1-8(15)7-11(10)19-12-13(18)17(6-5-16-12)9-2-3-9/h1,4-7,9H,2-3,15H2. The SMILES string of the molecule is Nc1ccc(Br)c(Oc2nccn(C3CC3)c2=O)c1. The van der Waals surface area contributed by atoms with Crippen LogP contribution in [0.3, 0.4) is 0 Å². The van der Waals surface area contributed by atoms with E-state index in [0.29, 0.717) is 17.5 Å². The molecule has 0 aliphatic heterocycles. The number of nitrogen functional groups attached to an aromatic ring is 1. The predicted molar refractivity (Wildman–Crippen MR) is 75.4 cm³/mol. The molecule has 1 aliphatic carbocycles. The molecule has 1 aliphatic rings. The molecule has 0 amide bonds. The van der Waals surface area contributed by atoms with Crippen LogP contribution in [0.4, 0.5) is 5.69 Å². The first kappa shape index (κ1) is 12.2. The van der Waals surface area contributed by atoms with Crippen LogP contribution in [0.15, 0.2) is 39.9 Å². The van der Waals surface area contributed by atoms with Gasteiger partial charge in [0, 0.05) is 30.2 Å². The van der Waals surface area contributed by atoms with Gasteiger partial charge in [0.25, 0.3) is 5.88 Å². The third kappa shape index (κ3) is 2.49. The quantitative estimate of drug-likeness (QED) is 0.882. The Bertz CT molecular complexity index is 680. The highest BCUT2D eigenvalue weighted by molar-refractivity contribution is 9.10. The number of rotatable bonds is 3. The smallest absolute Gasteiger partial charge is 0.313 e. The second-order valence-corrected chi connectivity index (χ2v) is 5.32. The number of benzene rings is 1. The zero-order valence-electron chi connectivity index (χ0n) is 10.0. The third-order valence-corrected chi connectivity index (χ3v) is 3.59. The van der Waals surface area contributed by atoms with Crippen LogP contribution in [-0.4, -0.2) is 9.55 Å². The number of hydrogen-bond donors (Lipinski definition) is 1. The van der Waals surface area contributed by atoms with E-state index in [1.54, 1.807) is 35.2 Å². The molecule has 0 spiro atoms. The molecule has 2 N–H and O–H groups in total. The van der Waals surface area contributed by atoms with Gasteiger partial charge >= 0.3 is 5.56 Å². The Balaban J connectivity index is 1.97. The summed E-state index contributed by atoms with van der Waals surface area (Å²) in [5.74, 6) is 0.554. The van der Waals surface area contributed by atoms with Crippen molar-refractivity contribution in [1.82, 2.24) is 9.55 Å². The van der Waals surface area contributed by atoms with Gasteiger partial charge in [-0.15, -0.1) is 0 Å². The van der Waals surface area contributed by atoms with Gasteiger partial charge in [-0.2, -0.15) is 0 Å². The first-order valence-corrected chi connectivity index (χ1v) is 6.74. The second-order valence-electron chi connectivity index (χ2n) is 4.47. The summed E-state index contributed by atoms with van der Waals surface area (Å²) in [6, 6.07) is 5.46. The molecule has 0 saturated heterocycles. The Labute approximate surface area is 118 Å². The molecule has 5 nitrogen and oxygen atoms in total. The van der Waals surface area contributed by atoms with Gasteiger partial charge in [-0.3, -0.25) is 4.79 Å². The lowest BCUT2D eigenvalue weighted by atomic mass is 10.3. The number of nitrogens with two attached hydrogens (primary N) is 1. The molecule has 0 atom stereocenters. The monoisotopic (exact) mass is 321 g/mol. The maximum atomic E-state index is 12.2. The third-order valence-electron chi connectivity index (χ3n) is 2.94. The Kier molecular flexibility index (Phi) is 3.02. The molecule has 3 rings (SSSR count). The lowest BCUT2D eigenvalue weighted by molar-refractivity contribution is 0.442. The molecular weight excluding hydrogens is 310 g/mol. The highest BCUT2D eigenvalue weighted by Crippen LogP contribution is 2.34. The number of ether oxygens (including phenoxy) is 1. The summed E-state index contributed by atoms with van der Waals surface area (Å²) in [6.45, 7) is 0. The molecule has 0 radical (unpaired) electrons. The summed E-state index contributed by atoms with van der Waals surface area (Å²) in [7, 11) is 0. The molecule has 1 fully saturated rings. The van der Waals surface area contributed by atoms with Gasteiger partial charge in [0.05, 0.1) is 4.47 Å². The zero-order chi connectivity index (χ0) is 13.4. The maximum Gasteiger partial charge on any atom is 0.313 e. The van der Waals surface area contributed by atoms with Crippen LogP contribution in [0.5, 0.6) is 11.6 Å². The van der Waals surface area contributed by atoms with Gasteiger partial charge in [-0.1, -0.05) is 0 Å². The molecule has 98 valence electrons. The summed E-state index contributed by atoms with van der Waals surface area (Å²) in [4.78, 5) is 16.2. The number of anilines is 1. The molecule has 0 bridgehead atoms. The number of nitrogens with zero attached hydrogens (tertiary/aromatic N) is 2. The van der Waals surface area contributed by atoms with Crippen LogP contribution in [0.25, 0.3) is 0 Å². The first-order chi connectivity index (χ1) is 9.15. The van der Waals surface area contributed by atoms with Crippen LogP contribution in [0.2, 0.25) is 0 Å². The molecule has 2 aromatic rings. The van der Waals surface area contributed by atoms with Crippen molar-refractivity contribution in [3.8, 4) is 11.6 Å². The van der Waals surface area contributed by atoms with Crippen LogP contribution < -0.4 is 16.0 Å². The largest absolute Gasteiger partial charge is 0.433 e. The Morgan fingerprint density at radius 1 is 1.42 bits per heavy atom. The van der Waals surface area contributed by atoms with E-state index in [4.69, 9.17) is 10.5 Å². The van der Waals surface area contributed by atoms with Gasteiger partial charge in [-0.05, 0) is 40.9 Å². The Morgan fingerprint density at radius 2 is 2.21 bits per heavy atom. The molecule has 1 saturated carbocycles. The molecule has 1 aromatic heterocycles. The van der Waals surface area contributed by atoms with E-state index < -0.39 is 0 Å². The fraction of sp³-hybridized carbons (Fsp3) is 0.231. The number of halogens is 1. The summed E-state index contributed by atoms with van der Waals surface area (Å²) in [5.41, 5.74) is 6.06. The normalized spacial score (nSPS) is 14.4. The molecule has 6 heteroatoms. The lowest BCUT2D eigenvalue weighted by Crippen LogP contribution is -2.20. The molecular formula is C13H12BrN3O2. The van der Waals surface area contributed by atoms with Crippen LogP contribution >= 0.6 is 15.9 Å². The summed E-state index contributed by atoms with van der Waals surface area (Å²) < 4.78 is 7.96. The Morgan fingerprint density at radius 3 is 2.95 bits per heavy atom. The predicted octanol–water partition coefficient (Wildman–Crippen LogP) is 2.72. The average molecular weight is 322 g/mol. The van der Waals surface area contributed by atoms with E-state index in [9.17, 15) is 4.79 Å². The number of hydrogen-bond acceptors (Lipinski definition) is 4. The van der Waals surface area contributed by atoms with Crippen molar-refractivity contribution in [2.75, 3.05) is 5.73 Å². The van der Waals surface area contributed by atoms with Crippen molar-refractivity contribution >= 4 is 21.6 Å². The Hall–Kier alpha value is -1.82. The highest BCUT2D eigenvalue weighted by atomic mass is 79.9. The molecule has 1 aromatic carbocycles. The molecule has 19 heavy (non-hydrogen) atoms. The van der Waals surface area contributed by atoms with E-state index >= 15 is 0 Å². The summed E-state index contributed by atoms with van der Waals surface area (Å²) in [5, 5.41) is 0. The van der Waals surface area contributed by atoms with Crippen molar-refractivity contribution in [3.63, 3.8) is 0 Å². The minimum absolute atomic E-state index is 0.0701. The van der Waals surface area contributed by atoms with Gasteiger partial charge < -0.3 is 15.0 Å². The fourth-order valence-corrected chi connectivity index (χ4v) is 2.15. The van der Waals surface area contributed by atoms with E-state index in [-0.39, 0.29) is 11.4 Å². The first-order valence-electron chi connectivity index (χ1n) is 5.95. The average Bonchev–Trinajstić information content (AvgIpc) is 3.20. The van der Waals surface area contributed by atoms with Crippen LogP contribution in [0.1, 0.15) is 18.9 Å². The van der Waals surface area contributed by atoms with Crippen molar-refractivity contribution in [2.24, 2.45) is 0 Å². The van der Waals surface area contributed by atoms with Crippen molar-refractivity contribution in [3.05, 3.63) is 45.4 Å². The molecule has 1 heterocycles. The van der Waals surface area contributed by atoms with Crippen LogP contribution in [0, 0.1) is 0 Å². The van der Waals surface area contributed by atoms with E-state index in [1.807, 2.05) is 0 Å². The minimum Gasteiger partial charge on any atom is -0.433 e. The van der Waals surface area contributed by atoms with Gasteiger partial charge in [-0.25, -0.2) is 4.98 Å². The van der Waals surface area contributed by atoms with E-state index in [1.165, 1.54) is 0 Å². The second kappa shape index (κ2) is 4.70. The van der Waals surface area contributed by atoms with Crippen molar-refractivity contribution in [1.29, 1.82) is 0 Å². The van der Waals surface area contributed by atoms with E-state index in [0.717, 1.165) is 17.3 Å². The van der Waals surface area contributed by atoms with Gasteiger partial charge in [0.2, 0.25) is 0 Å². The summed E-state index contributed by atoms with van der Waals surface area (Å²) in [6.07, 6.45) is 5.34. The van der Waals surface area contributed by atoms with Crippen molar-refractivity contribution in [2.45, 2.75) is 18.9 Å². The fourth-order valence-electron chi connectivity index (χ4n) is 1.82. The highest BCUT2D eigenvalue weighted by Gasteiger charge is 2.25. The van der Waals surface area contributed by atoms with Gasteiger partial charge in [0.15, 0.2) is 0 Å². The topological polar surface area (TPSA) is 70.1 Å².